The van der Waals surface area contributed by atoms with E-state index in [1.54, 1.807) is 6.08 Å². The van der Waals surface area contributed by atoms with Crippen LogP contribution in [0, 0.1) is 5.92 Å². The average Bonchev–Trinajstić information content (AvgIpc) is 2.71. The van der Waals surface area contributed by atoms with Crippen molar-refractivity contribution >= 4 is 8.07 Å². The van der Waals surface area contributed by atoms with Crippen LogP contribution in [0.4, 0.5) is 0 Å². The molecule has 0 saturated carbocycles. The van der Waals surface area contributed by atoms with Gasteiger partial charge in [0.2, 0.25) is 0 Å². The number of hydrogen-bond donors (Lipinski definition) is 1. The smallest absolute Gasteiger partial charge is 0.180 e. The molecule has 3 nitrogen and oxygen atoms in total. The first kappa shape index (κ1) is 13.0. The van der Waals surface area contributed by atoms with Crippen LogP contribution in [0.25, 0.3) is 0 Å². The molecule has 1 N–H and O–H groups in total. The summed E-state index contributed by atoms with van der Waals surface area (Å²) in [5.74, 6) is 0.363. The van der Waals surface area contributed by atoms with E-state index in [0.717, 1.165) is 6.42 Å². The molecule has 0 spiro atoms. The van der Waals surface area contributed by atoms with E-state index in [-0.39, 0.29) is 12.4 Å². The lowest BCUT2D eigenvalue weighted by Crippen LogP contribution is -2.32. The number of fused-ring (bicyclic) bond motifs is 1. The highest BCUT2D eigenvalue weighted by atomic mass is 28.3. The van der Waals surface area contributed by atoms with Crippen molar-refractivity contribution in [3.63, 3.8) is 0 Å². The molecule has 0 aromatic rings. The molecule has 0 radical (unpaired) electrons. The highest BCUT2D eigenvalue weighted by Crippen LogP contribution is 2.44. The molecule has 3 atom stereocenters. The molecule has 0 amide bonds. The van der Waals surface area contributed by atoms with Gasteiger partial charge in [-0.15, -0.1) is 6.58 Å². The van der Waals surface area contributed by atoms with Crippen molar-refractivity contribution in [2.24, 2.45) is 5.92 Å². The summed E-state index contributed by atoms with van der Waals surface area (Å²) in [5.41, 5.74) is 1.23. The molecular formula is C13H22O3Si. The third-order valence-electron chi connectivity index (χ3n) is 3.47. The van der Waals surface area contributed by atoms with Crippen LogP contribution in [-0.2, 0) is 9.47 Å². The molecule has 1 heterocycles. The van der Waals surface area contributed by atoms with Crippen LogP contribution in [0.1, 0.15) is 6.42 Å². The molecule has 1 saturated heterocycles. The number of aliphatic hydroxyl groups excluding tert-OH is 1. The Morgan fingerprint density at radius 3 is 2.82 bits per heavy atom. The summed E-state index contributed by atoms with van der Waals surface area (Å²) in [7, 11) is -1.51. The van der Waals surface area contributed by atoms with Crippen molar-refractivity contribution in [1.29, 1.82) is 0 Å². The van der Waals surface area contributed by atoms with Crippen LogP contribution in [0.15, 0.2) is 23.4 Å². The van der Waals surface area contributed by atoms with Crippen LogP contribution in [0.2, 0.25) is 19.6 Å². The fourth-order valence-electron chi connectivity index (χ4n) is 2.92. The van der Waals surface area contributed by atoms with Gasteiger partial charge in [0.05, 0.1) is 27.4 Å². The third-order valence-corrected chi connectivity index (χ3v) is 5.71. The first-order valence-electron chi connectivity index (χ1n) is 6.21. The summed E-state index contributed by atoms with van der Waals surface area (Å²) in [5, 5.41) is 11.5. The van der Waals surface area contributed by atoms with Gasteiger partial charge in [-0.05, 0) is 17.2 Å². The van der Waals surface area contributed by atoms with Gasteiger partial charge in [0.1, 0.15) is 0 Å². The van der Waals surface area contributed by atoms with Crippen LogP contribution in [0.3, 0.4) is 0 Å². The van der Waals surface area contributed by atoms with Gasteiger partial charge in [0.15, 0.2) is 6.29 Å². The summed E-state index contributed by atoms with van der Waals surface area (Å²) < 4.78 is 11.3. The molecule has 2 aliphatic rings. The molecule has 1 aliphatic carbocycles. The maximum atomic E-state index is 10.2. The summed E-state index contributed by atoms with van der Waals surface area (Å²) in [6.45, 7) is 11.6. The lowest BCUT2D eigenvalue weighted by Gasteiger charge is -2.25. The van der Waals surface area contributed by atoms with Crippen molar-refractivity contribution in [2.75, 3.05) is 13.2 Å². The summed E-state index contributed by atoms with van der Waals surface area (Å²) >= 11 is 0. The predicted octanol–water partition coefficient (Wildman–Crippen LogP) is 2.10. The second-order valence-corrected chi connectivity index (χ2v) is 10.9. The molecule has 4 heteroatoms. The largest absolute Gasteiger partial charge is 0.389 e. The Kier molecular flexibility index (Phi) is 3.59. The van der Waals surface area contributed by atoms with E-state index in [2.05, 4.69) is 26.2 Å². The Bertz CT molecular complexity index is 343. The lowest BCUT2D eigenvalue weighted by molar-refractivity contribution is -0.0856. The van der Waals surface area contributed by atoms with Gasteiger partial charge in [0.25, 0.3) is 0 Å². The molecule has 0 bridgehead atoms. The highest BCUT2D eigenvalue weighted by molar-refractivity contribution is 6.83. The Labute approximate surface area is 104 Å². The normalized spacial score (nSPS) is 33.1. The minimum Gasteiger partial charge on any atom is -0.389 e. The molecule has 2 unspecified atom stereocenters. The van der Waals surface area contributed by atoms with Crippen LogP contribution in [-0.4, -0.2) is 38.8 Å². The van der Waals surface area contributed by atoms with Gasteiger partial charge in [-0.2, -0.15) is 0 Å². The number of aliphatic hydroxyl groups is 1. The quantitative estimate of drug-likeness (QED) is 0.617. The maximum Gasteiger partial charge on any atom is 0.180 e. The standard InChI is InChI=1S/C13H22O3Si/c1-5-6-15-13-11-9(8-16-13)7-10(14)12(11)17(2,3)4/h5,9-10,13-14H,1,6-8H2,2-4H3/t9?,10-,13?/m1/s1. The average molecular weight is 254 g/mol. The molecular weight excluding hydrogens is 232 g/mol. The van der Waals surface area contributed by atoms with E-state index in [9.17, 15) is 5.11 Å². The topological polar surface area (TPSA) is 38.7 Å². The van der Waals surface area contributed by atoms with Crippen LogP contribution < -0.4 is 0 Å². The van der Waals surface area contributed by atoms with Gasteiger partial charge in [-0.1, -0.05) is 25.7 Å². The Morgan fingerprint density at radius 2 is 2.24 bits per heavy atom. The fourth-order valence-corrected chi connectivity index (χ4v) is 5.23. The van der Waals surface area contributed by atoms with Gasteiger partial charge < -0.3 is 14.6 Å². The van der Waals surface area contributed by atoms with Gasteiger partial charge in [0, 0.05) is 5.92 Å². The van der Waals surface area contributed by atoms with E-state index in [1.807, 2.05) is 0 Å². The molecule has 17 heavy (non-hydrogen) atoms. The first-order chi connectivity index (χ1) is 7.95. The van der Waals surface area contributed by atoms with Crippen LogP contribution >= 0.6 is 0 Å². The minimum atomic E-state index is -1.51. The van der Waals surface area contributed by atoms with E-state index in [0.29, 0.717) is 19.1 Å². The fraction of sp³-hybridized carbons (Fsp3) is 0.692. The van der Waals surface area contributed by atoms with Crippen molar-refractivity contribution < 1.29 is 14.6 Å². The van der Waals surface area contributed by atoms with Crippen LogP contribution in [0.5, 0.6) is 0 Å². The second kappa shape index (κ2) is 4.69. The Hall–Kier alpha value is -0.423. The second-order valence-electron chi connectivity index (χ2n) is 5.85. The van der Waals surface area contributed by atoms with Gasteiger partial charge >= 0.3 is 0 Å². The van der Waals surface area contributed by atoms with E-state index in [1.165, 1.54) is 10.8 Å². The molecule has 0 aromatic heterocycles. The zero-order chi connectivity index (χ0) is 12.6. The lowest BCUT2D eigenvalue weighted by atomic mass is 10.1. The van der Waals surface area contributed by atoms with Crippen molar-refractivity contribution in [1.82, 2.24) is 0 Å². The maximum absolute atomic E-state index is 10.2. The number of rotatable bonds is 4. The molecule has 96 valence electrons. The van der Waals surface area contributed by atoms with Crippen molar-refractivity contribution in [2.45, 2.75) is 38.5 Å². The SMILES string of the molecule is C=CCOC1OCC2C[C@@H](O)C([Si](C)(C)C)=C21. The van der Waals surface area contributed by atoms with Crippen molar-refractivity contribution in [3.05, 3.63) is 23.4 Å². The summed E-state index contributed by atoms with van der Waals surface area (Å²) in [6.07, 6.45) is 2.01. The highest BCUT2D eigenvalue weighted by Gasteiger charge is 2.45. The molecule has 2 rings (SSSR count). The Balaban J connectivity index is 2.29. The van der Waals surface area contributed by atoms with Gasteiger partial charge in [-0.25, -0.2) is 0 Å². The van der Waals surface area contributed by atoms with E-state index < -0.39 is 8.07 Å². The monoisotopic (exact) mass is 254 g/mol. The molecule has 1 aliphatic heterocycles. The summed E-state index contributed by atoms with van der Waals surface area (Å²) in [4.78, 5) is 0. The number of ether oxygens (including phenoxy) is 2. The van der Waals surface area contributed by atoms with Crippen molar-refractivity contribution in [3.8, 4) is 0 Å². The summed E-state index contributed by atoms with van der Waals surface area (Å²) in [6, 6.07) is 0. The third kappa shape index (κ3) is 2.40. The Morgan fingerprint density at radius 1 is 1.53 bits per heavy atom. The molecule has 0 aromatic carbocycles. The minimum absolute atomic E-state index is 0.253. The zero-order valence-corrected chi connectivity index (χ0v) is 11.9. The molecule has 1 fully saturated rings. The number of hydrogen-bond acceptors (Lipinski definition) is 3. The van der Waals surface area contributed by atoms with Gasteiger partial charge in [-0.3, -0.25) is 0 Å². The first-order valence-corrected chi connectivity index (χ1v) is 9.71. The predicted molar refractivity (Wildman–Crippen MR) is 70.4 cm³/mol. The van der Waals surface area contributed by atoms with E-state index in [4.69, 9.17) is 9.47 Å². The zero-order valence-electron chi connectivity index (χ0n) is 10.9. The van der Waals surface area contributed by atoms with E-state index >= 15 is 0 Å².